The minimum absolute atomic E-state index is 0.123. The molecule has 0 aliphatic carbocycles. The zero-order valence-corrected chi connectivity index (χ0v) is 11.1. The lowest BCUT2D eigenvalue weighted by Gasteiger charge is -2.16. The van der Waals surface area contributed by atoms with Crippen LogP contribution in [0.3, 0.4) is 0 Å². The number of hydrogen-bond acceptors (Lipinski definition) is 4. The maximum Gasteiger partial charge on any atom is 0.330 e. The molecule has 1 fully saturated rings. The summed E-state index contributed by atoms with van der Waals surface area (Å²) >= 11 is 0. The van der Waals surface area contributed by atoms with Crippen LogP contribution in [0.2, 0.25) is 0 Å². The van der Waals surface area contributed by atoms with Crippen LogP contribution in [0, 0.1) is 12.3 Å². The molecule has 100 valence electrons. The molecular formula is C14H20O4. The van der Waals surface area contributed by atoms with Crippen molar-refractivity contribution in [3.63, 3.8) is 0 Å². The van der Waals surface area contributed by atoms with Gasteiger partial charge in [-0.3, -0.25) is 0 Å². The third-order valence-electron chi connectivity index (χ3n) is 2.50. The largest absolute Gasteiger partial charge is 0.463 e. The standard InChI is InChI=1S/C14H20O4/c1-5-7-8-11-12(18-14(3,4)17-11)9-10-13(15)16-6-2/h1,9-12H,6-8H2,2-4H3/b10-9+/t11-,12-/m0/s1. The van der Waals surface area contributed by atoms with E-state index in [1.165, 1.54) is 6.08 Å². The lowest BCUT2D eigenvalue weighted by molar-refractivity contribution is -0.144. The van der Waals surface area contributed by atoms with E-state index in [4.69, 9.17) is 20.6 Å². The fourth-order valence-corrected chi connectivity index (χ4v) is 1.84. The highest BCUT2D eigenvalue weighted by Crippen LogP contribution is 2.31. The molecule has 1 aliphatic heterocycles. The molecule has 0 aromatic heterocycles. The fraction of sp³-hybridized carbons (Fsp3) is 0.643. The van der Waals surface area contributed by atoms with Crippen LogP contribution in [0.25, 0.3) is 0 Å². The van der Waals surface area contributed by atoms with E-state index < -0.39 is 5.79 Å². The van der Waals surface area contributed by atoms with Gasteiger partial charge in [-0.15, -0.1) is 12.3 Å². The third kappa shape index (κ3) is 4.52. The van der Waals surface area contributed by atoms with E-state index in [1.54, 1.807) is 13.0 Å². The van der Waals surface area contributed by atoms with Crippen LogP contribution in [0.5, 0.6) is 0 Å². The molecule has 0 bridgehead atoms. The lowest BCUT2D eigenvalue weighted by atomic mass is 10.1. The van der Waals surface area contributed by atoms with Crippen molar-refractivity contribution in [1.82, 2.24) is 0 Å². The smallest absolute Gasteiger partial charge is 0.330 e. The monoisotopic (exact) mass is 252 g/mol. The van der Waals surface area contributed by atoms with Gasteiger partial charge in [0.15, 0.2) is 5.79 Å². The minimum Gasteiger partial charge on any atom is -0.463 e. The summed E-state index contributed by atoms with van der Waals surface area (Å²) in [6.45, 7) is 5.80. The van der Waals surface area contributed by atoms with Gasteiger partial charge in [0.25, 0.3) is 0 Å². The Morgan fingerprint density at radius 1 is 1.50 bits per heavy atom. The summed E-state index contributed by atoms with van der Waals surface area (Å²) < 4.78 is 16.3. The summed E-state index contributed by atoms with van der Waals surface area (Å²) in [5.41, 5.74) is 0. The van der Waals surface area contributed by atoms with Crippen LogP contribution < -0.4 is 0 Å². The first-order valence-electron chi connectivity index (χ1n) is 6.12. The first kappa shape index (κ1) is 14.7. The molecule has 1 heterocycles. The number of esters is 1. The fourth-order valence-electron chi connectivity index (χ4n) is 1.84. The van der Waals surface area contributed by atoms with E-state index in [2.05, 4.69) is 5.92 Å². The van der Waals surface area contributed by atoms with E-state index in [1.807, 2.05) is 13.8 Å². The van der Waals surface area contributed by atoms with Crippen molar-refractivity contribution < 1.29 is 19.0 Å². The van der Waals surface area contributed by atoms with Crippen molar-refractivity contribution in [2.75, 3.05) is 6.61 Å². The molecule has 4 nitrogen and oxygen atoms in total. The van der Waals surface area contributed by atoms with Gasteiger partial charge in [-0.2, -0.15) is 0 Å². The SMILES string of the molecule is C#CCC[C@@H]1OC(C)(C)O[C@H]1/C=C/C(=O)OCC. The Morgan fingerprint density at radius 2 is 2.22 bits per heavy atom. The molecule has 0 unspecified atom stereocenters. The predicted molar refractivity (Wildman–Crippen MR) is 67.7 cm³/mol. The van der Waals surface area contributed by atoms with Crippen molar-refractivity contribution in [1.29, 1.82) is 0 Å². The molecule has 0 aromatic rings. The lowest BCUT2D eigenvalue weighted by Crippen LogP contribution is -2.21. The highest BCUT2D eigenvalue weighted by molar-refractivity contribution is 5.81. The number of carbonyl (C=O) groups is 1. The van der Waals surface area contributed by atoms with Crippen molar-refractivity contribution in [3.8, 4) is 12.3 Å². The normalized spacial score (nSPS) is 26.1. The molecule has 0 N–H and O–H groups in total. The van der Waals surface area contributed by atoms with Gasteiger partial charge >= 0.3 is 5.97 Å². The second-order valence-corrected chi connectivity index (χ2v) is 4.49. The molecule has 2 atom stereocenters. The summed E-state index contributed by atoms with van der Waals surface area (Å²) in [6.07, 6.45) is 9.23. The quantitative estimate of drug-likeness (QED) is 0.427. The van der Waals surface area contributed by atoms with Crippen LogP contribution in [0.15, 0.2) is 12.2 Å². The molecule has 0 amide bonds. The summed E-state index contributed by atoms with van der Waals surface area (Å²) in [5, 5.41) is 0. The molecule has 1 saturated heterocycles. The highest BCUT2D eigenvalue weighted by Gasteiger charge is 2.39. The third-order valence-corrected chi connectivity index (χ3v) is 2.50. The predicted octanol–water partition coefficient (Wildman–Crippen LogP) is 2.04. The van der Waals surface area contributed by atoms with E-state index in [9.17, 15) is 4.79 Å². The van der Waals surface area contributed by atoms with Crippen LogP contribution in [0.1, 0.15) is 33.6 Å². The number of carbonyl (C=O) groups excluding carboxylic acids is 1. The van der Waals surface area contributed by atoms with Crippen molar-refractivity contribution in [2.45, 2.75) is 51.6 Å². The number of hydrogen-bond donors (Lipinski definition) is 0. The summed E-state index contributed by atoms with van der Waals surface area (Å²) in [4.78, 5) is 11.2. The number of ether oxygens (including phenoxy) is 3. The van der Waals surface area contributed by atoms with Crippen molar-refractivity contribution >= 4 is 5.97 Å². The highest BCUT2D eigenvalue weighted by atomic mass is 16.7. The van der Waals surface area contributed by atoms with Gasteiger partial charge in [-0.25, -0.2) is 4.79 Å². The average molecular weight is 252 g/mol. The average Bonchev–Trinajstić information content (AvgIpc) is 2.59. The zero-order valence-electron chi connectivity index (χ0n) is 11.1. The van der Waals surface area contributed by atoms with E-state index in [-0.39, 0.29) is 18.2 Å². The van der Waals surface area contributed by atoms with Gasteiger partial charge in [0.1, 0.15) is 6.10 Å². The molecular weight excluding hydrogens is 232 g/mol. The second kappa shape index (κ2) is 6.58. The number of terminal acetylenes is 1. The molecule has 0 radical (unpaired) electrons. The van der Waals surface area contributed by atoms with Gasteiger partial charge in [0, 0.05) is 12.5 Å². The Hall–Kier alpha value is -1.31. The number of rotatable bonds is 5. The van der Waals surface area contributed by atoms with Crippen LogP contribution in [-0.2, 0) is 19.0 Å². The van der Waals surface area contributed by atoms with E-state index in [0.717, 1.165) is 0 Å². The van der Waals surface area contributed by atoms with E-state index in [0.29, 0.717) is 19.4 Å². The maximum atomic E-state index is 11.2. The molecule has 1 rings (SSSR count). The first-order chi connectivity index (χ1) is 8.48. The second-order valence-electron chi connectivity index (χ2n) is 4.49. The van der Waals surface area contributed by atoms with Crippen LogP contribution in [0.4, 0.5) is 0 Å². The first-order valence-corrected chi connectivity index (χ1v) is 6.12. The van der Waals surface area contributed by atoms with Crippen molar-refractivity contribution in [3.05, 3.63) is 12.2 Å². The molecule has 1 aliphatic rings. The zero-order chi connectivity index (χ0) is 13.6. The summed E-state index contributed by atoms with van der Waals surface area (Å²) in [7, 11) is 0. The Labute approximate surface area is 108 Å². The maximum absolute atomic E-state index is 11.2. The van der Waals surface area contributed by atoms with Gasteiger partial charge in [-0.05, 0) is 33.3 Å². The van der Waals surface area contributed by atoms with Gasteiger partial charge in [0.2, 0.25) is 0 Å². The van der Waals surface area contributed by atoms with Gasteiger partial charge < -0.3 is 14.2 Å². The molecule has 18 heavy (non-hydrogen) atoms. The molecule has 4 heteroatoms. The van der Waals surface area contributed by atoms with Crippen LogP contribution in [-0.4, -0.2) is 30.6 Å². The van der Waals surface area contributed by atoms with Crippen molar-refractivity contribution in [2.24, 2.45) is 0 Å². The van der Waals surface area contributed by atoms with E-state index >= 15 is 0 Å². The topological polar surface area (TPSA) is 44.8 Å². The Kier molecular flexibility index (Phi) is 5.39. The Balaban J connectivity index is 2.60. The molecule has 0 spiro atoms. The minimum atomic E-state index is -0.650. The summed E-state index contributed by atoms with van der Waals surface area (Å²) in [6, 6.07) is 0. The summed E-state index contributed by atoms with van der Waals surface area (Å²) in [5.74, 6) is 1.55. The molecule has 0 saturated carbocycles. The van der Waals surface area contributed by atoms with Gasteiger partial charge in [-0.1, -0.05) is 0 Å². The molecule has 0 aromatic carbocycles. The Bertz CT molecular complexity index is 351. The Morgan fingerprint density at radius 3 is 2.83 bits per heavy atom. The van der Waals surface area contributed by atoms with Gasteiger partial charge in [0.05, 0.1) is 12.7 Å². The van der Waals surface area contributed by atoms with Crippen LogP contribution >= 0.6 is 0 Å².